The molecule has 0 aliphatic heterocycles. The molecule has 0 aliphatic rings. The van der Waals surface area contributed by atoms with Crippen molar-refractivity contribution in [2.24, 2.45) is 0 Å². The number of rotatable bonds is 4. The number of hydrogen-bond acceptors (Lipinski definition) is 3. The third kappa shape index (κ3) is 3.44. The number of pyridine rings is 1. The van der Waals surface area contributed by atoms with Crippen molar-refractivity contribution in [2.75, 3.05) is 0 Å². The number of fused-ring (bicyclic) bond motifs is 1. The molecule has 0 aliphatic carbocycles. The molecule has 1 aromatic carbocycles. The average molecular weight is 328 g/mol. The van der Waals surface area contributed by atoms with Gasteiger partial charge in [-0.1, -0.05) is 35.9 Å². The van der Waals surface area contributed by atoms with Gasteiger partial charge in [0, 0.05) is 29.9 Å². The minimum atomic E-state index is -0.0686. The van der Waals surface area contributed by atoms with Crippen molar-refractivity contribution in [1.29, 1.82) is 0 Å². The van der Waals surface area contributed by atoms with Gasteiger partial charge in [0.05, 0.1) is 5.69 Å². The summed E-state index contributed by atoms with van der Waals surface area (Å²) in [6.07, 6.45) is 1.80. The van der Waals surface area contributed by atoms with Crippen molar-refractivity contribution in [3.8, 4) is 0 Å². The Kier molecular flexibility index (Phi) is 4.46. The Morgan fingerprint density at radius 3 is 2.83 bits per heavy atom. The lowest BCUT2D eigenvalue weighted by Crippen LogP contribution is -2.22. The first-order valence-corrected chi connectivity index (χ1v) is 7.89. The molecule has 4 nitrogen and oxygen atoms in total. The molecule has 3 aromatic rings. The number of aromatic nitrogens is 2. The van der Waals surface area contributed by atoms with Gasteiger partial charge in [0.1, 0.15) is 5.65 Å². The molecule has 118 valence electrons. The highest BCUT2D eigenvalue weighted by atomic mass is 35.5. The monoisotopic (exact) mass is 327 g/mol. The summed E-state index contributed by atoms with van der Waals surface area (Å²) in [6.45, 7) is 4.50. The van der Waals surface area contributed by atoms with Gasteiger partial charge in [0.15, 0.2) is 0 Å². The summed E-state index contributed by atoms with van der Waals surface area (Å²) in [5, 5.41) is 4.10. The number of nitrogens with zero attached hydrogens (tertiary/aromatic N) is 2. The number of hydrogen-bond donors (Lipinski definition) is 1. The van der Waals surface area contributed by atoms with E-state index in [-0.39, 0.29) is 11.6 Å². The van der Waals surface area contributed by atoms with Crippen LogP contribution < -0.4 is 10.9 Å². The SMILES string of the molecule is Cc1ccc2nc(CN[C@H](C)c3ccccc3Cl)cc(=O)n2c1. The van der Waals surface area contributed by atoms with Crippen LogP contribution in [-0.2, 0) is 6.54 Å². The summed E-state index contributed by atoms with van der Waals surface area (Å²) < 4.78 is 1.57. The molecule has 1 atom stereocenters. The maximum atomic E-state index is 12.2. The quantitative estimate of drug-likeness (QED) is 0.797. The van der Waals surface area contributed by atoms with Gasteiger partial charge in [0.2, 0.25) is 0 Å². The van der Waals surface area contributed by atoms with Crippen LogP contribution in [0.5, 0.6) is 0 Å². The zero-order valence-electron chi connectivity index (χ0n) is 13.1. The van der Waals surface area contributed by atoms with Crippen LogP contribution in [0, 0.1) is 6.92 Å². The molecule has 0 saturated carbocycles. The van der Waals surface area contributed by atoms with E-state index in [1.54, 1.807) is 16.7 Å². The first-order valence-electron chi connectivity index (χ1n) is 7.51. The van der Waals surface area contributed by atoms with Crippen LogP contribution in [0.3, 0.4) is 0 Å². The van der Waals surface area contributed by atoms with Crippen LogP contribution in [0.1, 0.15) is 29.8 Å². The normalized spacial score (nSPS) is 12.5. The standard InChI is InChI=1S/C18H18ClN3O/c1-12-7-8-17-21-14(9-18(23)22(17)11-12)10-20-13(2)15-5-3-4-6-16(15)19/h3-9,11,13,20H,10H2,1-2H3/t13-/m1/s1. The smallest absolute Gasteiger partial charge is 0.258 e. The second-order valence-electron chi connectivity index (χ2n) is 5.64. The van der Waals surface area contributed by atoms with Gasteiger partial charge >= 0.3 is 0 Å². The maximum Gasteiger partial charge on any atom is 0.258 e. The van der Waals surface area contributed by atoms with Gasteiger partial charge in [-0.25, -0.2) is 4.98 Å². The molecule has 0 bridgehead atoms. The maximum absolute atomic E-state index is 12.2. The Morgan fingerprint density at radius 1 is 1.26 bits per heavy atom. The molecular formula is C18H18ClN3O. The molecule has 2 aromatic heterocycles. The van der Waals surface area contributed by atoms with E-state index in [9.17, 15) is 4.79 Å². The molecule has 0 unspecified atom stereocenters. The average Bonchev–Trinajstić information content (AvgIpc) is 2.54. The third-order valence-electron chi connectivity index (χ3n) is 3.82. The minimum Gasteiger partial charge on any atom is -0.305 e. The Balaban J connectivity index is 1.81. The van der Waals surface area contributed by atoms with Crippen LogP contribution in [0.15, 0.2) is 53.5 Å². The highest BCUT2D eigenvalue weighted by Crippen LogP contribution is 2.22. The van der Waals surface area contributed by atoms with Crippen molar-refractivity contribution in [1.82, 2.24) is 14.7 Å². The predicted octanol–water partition coefficient (Wildman–Crippen LogP) is 3.51. The Hall–Kier alpha value is -2.17. The van der Waals surface area contributed by atoms with Crippen molar-refractivity contribution in [3.63, 3.8) is 0 Å². The van der Waals surface area contributed by atoms with Gasteiger partial charge in [0.25, 0.3) is 5.56 Å². The van der Waals surface area contributed by atoms with Crippen molar-refractivity contribution >= 4 is 17.2 Å². The van der Waals surface area contributed by atoms with E-state index in [1.807, 2.05) is 50.2 Å². The van der Waals surface area contributed by atoms with Gasteiger partial charge in [-0.05, 0) is 37.1 Å². The molecule has 23 heavy (non-hydrogen) atoms. The summed E-state index contributed by atoms with van der Waals surface area (Å²) in [6, 6.07) is 13.2. The molecule has 0 spiro atoms. The summed E-state index contributed by atoms with van der Waals surface area (Å²) in [5.41, 5.74) is 3.37. The topological polar surface area (TPSA) is 46.4 Å². The van der Waals surface area contributed by atoms with Crippen molar-refractivity contribution < 1.29 is 0 Å². The predicted molar refractivity (Wildman–Crippen MR) is 92.9 cm³/mol. The van der Waals surface area contributed by atoms with E-state index in [4.69, 9.17) is 11.6 Å². The molecule has 0 saturated heterocycles. The van der Waals surface area contributed by atoms with Crippen LogP contribution in [0.4, 0.5) is 0 Å². The lowest BCUT2D eigenvalue weighted by Gasteiger charge is -2.15. The van der Waals surface area contributed by atoms with E-state index in [1.165, 1.54) is 0 Å². The van der Waals surface area contributed by atoms with Crippen molar-refractivity contribution in [3.05, 3.63) is 80.9 Å². The molecule has 0 radical (unpaired) electrons. The van der Waals surface area contributed by atoms with E-state index >= 15 is 0 Å². The molecule has 2 heterocycles. The number of nitrogens with one attached hydrogen (secondary N) is 1. The number of aryl methyl sites for hydroxylation is 1. The summed E-state index contributed by atoms with van der Waals surface area (Å²) >= 11 is 6.21. The second-order valence-corrected chi connectivity index (χ2v) is 6.05. The van der Waals surface area contributed by atoms with Gasteiger partial charge in [-0.3, -0.25) is 9.20 Å². The van der Waals surface area contributed by atoms with Gasteiger partial charge < -0.3 is 5.32 Å². The van der Waals surface area contributed by atoms with Crippen LogP contribution in [0.2, 0.25) is 5.02 Å². The van der Waals surface area contributed by atoms with Gasteiger partial charge in [-0.2, -0.15) is 0 Å². The fourth-order valence-corrected chi connectivity index (χ4v) is 2.84. The lowest BCUT2D eigenvalue weighted by atomic mass is 10.1. The van der Waals surface area contributed by atoms with E-state index in [2.05, 4.69) is 10.3 Å². The van der Waals surface area contributed by atoms with Crippen LogP contribution in [0.25, 0.3) is 5.65 Å². The highest BCUT2D eigenvalue weighted by Gasteiger charge is 2.09. The zero-order chi connectivity index (χ0) is 16.4. The first kappa shape index (κ1) is 15.7. The summed E-state index contributed by atoms with van der Waals surface area (Å²) in [5.74, 6) is 0. The summed E-state index contributed by atoms with van der Waals surface area (Å²) in [7, 11) is 0. The Bertz CT molecular complexity index is 904. The molecule has 0 amide bonds. The fourth-order valence-electron chi connectivity index (χ4n) is 2.54. The molecule has 1 N–H and O–H groups in total. The van der Waals surface area contributed by atoms with Crippen molar-refractivity contribution in [2.45, 2.75) is 26.4 Å². The molecule has 3 rings (SSSR count). The minimum absolute atomic E-state index is 0.0686. The zero-order valence-corrected chi connectivity index (χ0v) is 13.8. The number of benzene rings is 1. The van der Waals surface area contributed by atoms with E-state index < -0.39 is 0 Å². The molecular weight excluding hydrogens is 310 g/mol. The summed E-state index contributed by atoms with van der Waals surface area (Å²) in [4.78, 5) is 16.7. The highest BCUT2D eigenvalue weighted by molar-refractivity contribution is 6.31. The fraction of sp³-hybridized carbons (Fsp3) is 0.222. The van der Waals surface area contributed by atoms with E-state index in [0.29, 0.717) is 12.2 Å². The molecule has 5 heteroatoms. The van der Waals surface area contributed by atoms with Crippen LogP contribution in [-0.4, -0.2) is 9.38 Å². The second kappa shape index (κ2) is 6.52. The molecule has 0 fully saturated rings. The first-order chi connectivity index (χ1) is 11.0. The Labute approximate surface area is 139 Å². The third-order valence-corrected chi connectivity index (χ3v) is 4.17. The van der Waals surface area contributed by atoms with E-state index in [0.717, 1.165) is 21.8 Å². The Morgan fingerprint density at radius 2 is 2.04 bits per heavy atom. The van der Waals surface area contributed by atoms with Crippen LogP contribution >= 0.6 is 11.6 Å². The van der Waals surface area contributed by atoms with Gasteiger partial charge in [-0.15, -0.1) is 0 Å². The number of halogens is 1. The largest absolute Gasteiger partial charge is 0.305 e. The lowest BCUT2D eigenvalue weighted by molar-refractivity contribution is 0.567.